The van der Waals surface area contributed by atoms with E-state index in [1.54, 1.807) is 0 Å². The zero-order valence-corrected chi connectivity index (χ0v) is 15.6. The number of amides is 1. The lowest BCUT2D eigenvalue weighted by molar-refractivity contribution is 0.0572. The van der Waals surface area contributed by atoms with Gasteiger partial charge in [-0.25, -0.2) is 0 Å². The largest absolute Gasteiger partial charge is 0.491 e. The molecule has 5 heteroatoms. The quantitative estimate of drug-likeness (QED) is 0.812. The fourth-order valence-electron chi connectivity index (χ4n) is 4.40. The summed E-state index contributed by atoms with van der Waals surface area (Å²) in [7, 11) is 0. The molecule has 1 aliphatic carbocycles. The summed E-state index contributed by atoms with van der Waals surface area (Å²) in [5, 5.41) is 0. The van der Waals surface area contributed by atoms with Crippen LogP contribution in [0.5, 0.6) is 5.75 Å². The van der Waals surface area contributed by atoms with Crippen LogP contribution in [0.3, 0.4) is 0 Å². The van der Waals surface area contributed by atoms with Gasteiger partial charge in [0.2, 0.25) is 0 Å². The van der Waals surface area contributed by atoms with E-state index in [2.05, 4.69) is 4.90 Å². The molecule has 1 aromatic rings. The first kappa shape index (κ1) is 17.8. The number of carbonyl (C=O) groups is 1. The molecule has 5 nitrogen and oxygen atoms in total. The predicted octanol–water partition coefficient (Wildman–Crippen LogP) is 2.94. The second-order valence-electron chi connectivity index (χ2n) is 7.74. The van der Waals surface area contributed by atoms with Gasteiger partial charge >= 0.3 is 0 Å². The van der Waals surface area contributed by atoms with Crippen LogP contribution in [-0.2, 0) is 4.74 Å². The van der Waals surface area contributed by atoms with Crippen molar-refractivity contribution in [2.24, 2.45) is 0 Å². The van der Waals surface area contributed by atoms with E-state index in [0.717, 1.165) is 63.0 Å². The minimum absolute atomic E-state index is 0.141. The molecule has 0 spiro atoms. The molecule has 3 fully saturated rings. The molecule has 0 N–H and O–H groups in total. The molecule has 1 unspecified atom stereocenters. The van der Waals surface area contributed by atoms with Gasteiger partial charge in [-0.15, -0.1) is 0 Å². The Morgan fingerprint density at radius 3 is 2.38 bits per heavy atom. The maximum Gasteiger partial charge on any atom is 0.253 e. The molecule has 3 aliphatic rings. The van der Waals surface area contributed by atoms with Crippen LogP contribution in [0, 0.1) is 0 Å². The van der Waals surface area contributed by atoms with Crippen LogP contribution in [0.2, 0.25) is 0 Å². The maximum atomic E-state index is 12.8. The summed E-state index contributed by atoms with van der Waals surface area (Å²) in [6.07, 6.45) is 7.81. The molecule has 1 saturated carbocycles. The Kier molecular flexibility index (Phi) is 5.75. The standard InChI is InChI=1S/C21H30N2O3/c24-21(23-13-11-22(12-14-23)18-4-1-2-5-18)17-7-9-19(10-8-17)26-16-20-6-3-15-25-20/h7-10,18,20H,1-6,11-16H2. The predicted molar refractivity (Wildman–Crippen MR) is 101 cm³/mol. The van der Waals surface area contributed by atoms with E-state index in [9.17, 15) is 4.79 Å². The van der Waals surface area contributed by atoms with Crippen LogP contribution in [0.25, 0.3) is 0 Å². The highest BCUT2D eigenvalue weighted by Gasteiger charge is 2.28. The second-order valence-corrected chi connectivity index (χ2v) is 7.74. The lowest BCUT2D eigenvalue weighted by atomic mass is 10.1. The van der Waals surface area contributed by atoms with Crippen LogP contribution in [0.1, 0.15) is 48.9 Å². The molecule has 142 valence electrons. The number of hydrogen-bond acceptors (Lipinski definition) is 4. The number of hydrogen-bond donors (Lipinski definition) is 0. The number of piperazine rings is 1. The maximum absolute atomic E-state index is 12.8. The first-order valence-corrected chi connectivity index (χ1v) is 10.2. The van der Waals surface area contributed by atoms with E-state index in [-0.39, 0.29) is 12.0 Å². The Balaban J connectivity index is 1.26. The van der Waals surface area contributed by atoms with Gasteiger partial charge in [0.15, 0.2) is 0 Å². The van der Waals surface area contributed by atoms with Gasteiger partial charge in [-0.1, -0.05) is 12.8 Å². The highest BCUT2D eigenvalue weighted by Crippen LogP contribution is 2.25. The van der Waals surface area contributed by atoms with Gasteiger partial charge in [-0.05, 0) is 49.9 Å². The summed E-state index contributed by atoms with van der Waals surface area (Å²) >= 11 is 0. The van der Waals surface area contributed by atoms with E-state index >= 15 is 0 Å². The first-order chi connectivity index (χ1) is 12.8. The summed E-state index contributed by atoms with van der Waals surface area (Å²) < 4.78 is 11.4. The van der Waals surface area contributed by atoms with Crippen LogP contribution < -0.4 is 4.74 Å². The third-order valence-electron chi connectivity index (χ3n) is 6.00. The third-order valence-corrected chi connectivity index (χ3v) is 6.00. The minimum Gasteiger partial charge on any atom is -0.491 e. The van der Waals surface area contributed by atoms with Crippen LogP contribution >= 0.6 is 0 Å². The second kappa shape index (κ2) is 8.40. The molecule has 0 aromatic heterocycles. The van der Waals surface area contributed by atoms with E-state index < -0.39 is 0 Å². The van der Waals surface area contributed by atoms with Crippen molar-refractivity contribution >= 4 is 5.91 Å². The van der Waals surface area contributed by atoms with Crippen LogP contribution in [0.15, 0.2) is 24.3 Å². The van der Waals surface area contributed by atoms with Crippen LogP contribution in [-0.4, -0.2) is 67.2 Å². The molecule has 1 amide bonds. The molecule has 1 atom stereocenters. The van der Waals surface area contributed by atoms with E-state index in [1.807, 2.05) is 29.2 Å². The third kappa shape index (κ3) is 4.21. The highest BCUT2D eigenvalue weighted by molar-refractivity contribution is 5.94. The zero-order valence-electron chi connectivity index (χ0n) is 15.6. The average molecular weight is 358 g/mol. The molecule has 0 radical (unpaired) electrons. The molecular formula is C21H30N2O3. The number of benzene rings is 1. The monoisotopic (exact) mass is 358 g/mol. The van der Waals surface area contributed by atoms with Gasteiger partial charge in [0, 0.05) is 44.4 Å². The van der Waals surface area contributed by atoms with E-state index in [4.69, 9.17) is 9.47 Å². The summed E-state index contributed by atoms with van der Waals surface area (Å²) in [4.78, 5) is 17.3. The smallest absolute Gasteiger partial charge is 0.253 e. The SMILES string of the molecule is O=C(c1ccc(OCC2CCCO2)cc1)N1CCN(C2CCCC2)CC1. The molecule has 0 bridgehead atoms. The Bertz CT molecular complexity index is 584. The molecule has 2 saturated heterocycles. The number of ether oxygens (including phenoxy) is 2. The lowest BCUT2D eigenvalue weighted by Crippen LogP contribution is -2.51. The van der Waals surface area contributed by atoms with Crippen molar-refractivity contribution < 1.29 is 14.3 Å². The van der Waals surface area contributed by atoms with Crippen LogP contribution in [0.4, 0.5) is 0 Å². The Hall–Kier alpha value is -1.59. The van der Waals surface area contributed by atoms with Crippen molar-refractivity contribution in [3.8, 4) is 5.75 Å². The lowest BCUT2D eigenvalue weighted by Gasteiger charge is -2.38. The normalized spacial score (nSPS) is 24.9. The topological polar surface area (TPSA) is 42.0 Å². The summed E-state index contributed by atoms with van der Waals surface area (Å²) in [5.74, 6) is 0.949. The van der Waals surface area contributed by atoms with Gasteiger partial charge in [-0.3, -0.25) is 9.69 Å². The molecule has 2 heterocycles. The molecule has 1 aromatic carbocycles. The van der Waals surface area contributed by atoms with E-state index in [1.165, 1.54) is 25.7 Å². The number of nitrogens with zero attached hydrogens (tertiary/aromatic N) is 2. The van der Waals surface area contributed by atoms with Gasteiger partial charge in [0.25, 0.3) is 5.91 Å². The number of rotatable bonds is 5. The molecule has 2 aliphatic heterocycles. The average Bonchev–Trinajstić information content (AvgIpc) is 3.40. The van der Waals surface area contributed by atoms with Crippen molar-refractivity contribution in [1.29, 1.82) is 0 Å². The number of carbonyl (C=O) groups excluding carboxylic acids is 1. The molecule has 4 rings (SSSR count). The van der Waals surface area contributed by atoms with Gasteiger partial charge in [0.05, 0.1) is 6.10 Å². The fraction of sp³-hybridized carbons (Fsp3) is 0.667. The summed E-state index contributed by atoms with van der Waals surface area (Å²) in [6.45, 7) is 5.14. The Labute approximate surface area is 156 Å². The zero-order chi connectivity index (χ0) is 17.8. The van der Waals surface area contributed by atoms with Crippen molar-refractivity contribution in [2.45, 2.75) is 50.7 Å². The first-order valence-electron chi connectivity index (χ1n) is 10.2. The van der Waals surface area contributed by atoms with Crippen molar-refractivity contribution in [1.82, 2.24) is 9.80 Å². The Morgan fingerprint density at radius 2 is 1.73 bits per heavy atom. The van der Waals surface area contributed by atoms with Gasteiger partial charge in [-0.2, -0.15) is 0 Å². The van der Waals surface area contributed by atoms with Crippen molar-refractivity contribution in [3.63, 3.8) is 0 Å². The Morgan fingerprint density at radius 1 is 1.00 bits per heavy atom. The molecule has 26 heavy (non-hydrogen) atoms. The fourth-order valence-corrected chi connectivity index (χ4v) is 4.40. The van der Waals surface area contributed by atoms with Gasteiger partial charge < -0.3 is 14.4 Å². The minimum atomic E-state index is 0.141. The molecular weight excluding hydrogens is 328 g/mol. The van der Waals surface area contributed by atoms with Crippen molar-refractivity contribution in [2.75, 3.05) is 39.4 Å². The van der Waals surface area contributed by atoms with Crippen molar-refractivity contribution in [3.05, 3.63) is 29.8 Å². The van der Waals surface area contributed by atoms with E-state index in [0.29, 0.717) is 6.61 Å². The summed E-state index contributed by atoms with van der Waals surface area (Å²) in [6, 6.07) is 8.33. The summed E-state index contributed by atoms with van der Waals surface area (Å²) in [5.41, 5.74) is 0.754. The highest BCUT2D eigenvalue weighted by atomic mass is 16.5. The van der Waals surface area contributed by atoms with Gasteiger partial charge in [0.1, 0.15) is 12.4 Å².